The number of benzene rings is 1. The maximum atomic E-state index is 11.0. The lowest BCUT2D eigenvalue weighted by Gasteiger charge is -2.39. The Labute approximate surface area is 124 Å². The third-order valence-electron chi connectivity index (χ3n) is 3.73. The number of nitrogens with zero attached hydrogens (tertiary/aromatic N) is 2. The predicted octanol–water partition coefficient (Wildman–Crippen LogP) is 0.665. The van der Waals surface area contributed by atoms with Gasteiger partial charge in [0.15, 0.2) is 0 Å². The summed E-state index contributed by atoms with van der Waals surface area (Å²) in [6, 6.07) is 7.92. The molecule has 0 aromatic heterocycles. The summed E-state index contributed by atoms with van der Waals surface area (Å²) in [5.41, 5.74) is 12.2. The predicted molar refractivity (Wildman–Crippen MR) is 81.9 cm³/mol. The quantitative estimate of drug-likeness (QED) is 0.837. The van der Waals surface area contributed by atoms with Crippen molar-refractivity contribution in [1.29, 1.82) is 0 Å². The van der Waals surface area contributed by atoms with Gasteiger partial charge in [-0.25, -0.2) is 0 Å². The molecule has 20 heavy (non-hydrogen) atoms. The molecule has 5 nitrogen and oxygen atoms in total. The molecule has 1 fully saturated rings. The van der Waals surface area contributed by atoms with Crippen molar-refractivity contribution in [3.05, 3.63) is 29.3 Å². The van der Waals surface area contributed by atoms with Crippen LogP contribution in [-0.4, -0.2) is 49.6 Å². The molecule has 1 aromatic carbocycles. The number of amides is 1. The van der Waals surface area contributed by atoms with Gasteiger partial charge in [0.05, 0.1) is 0 Å². The third kappa shape index (κ3) is 3.85. The van der Waals surface area contributed by atoms with E-state index in [0.717, 1.165) is 31.2 Å². The highest BCUT2D eigenvalue weighted by Gasteiger charge is 2.24. The van der Waals surface area contributed by atoms with Crippen LogP contribution >= 0.6 is 11.6 Å². The van der Waals surface area contributed by atoms with Crippen LogP contribution < -0.4 is 16.4 Å². The first-order valence-electron chi connectivity index (χ1n) is 6.83. The fourth-order valence-corrected chi connectivity index (χ4v) is 2.72. The zero-order valence-electron chi connectivity index (χ0n) is 11.5. The van der Waals surface area contributed by atoms with Crippen LogP contribution in [0.25, 0.3) is 0 Å². The van der Waals surface area contributed by atoms with Crippen LogP contribution in [0.15, 0.2) is 24.3 Å². The van der Waals surface area contributed by atoms with Crippen LogP contribution in [0.5, 0.6) is 0 Å². The first kappa shape index (κ1) is 15.1. The highest BCUT2D eigenvalue weighted by molar-refractivity contribution is 6.30. The van der Waals surface area contributed by atoms with E-state index < -0.39 is 0 Å². The van der Waals surface area contributed by atoms with Crippen LogP contribution in [0.1, 0.15) is 6.42 Å². The second-order valence-electron chi connectivity index (χ2n) is 5.06. The van der Waals surface area contributed by atoms with E-state index in [4.69, 9.17) is 23.1 Å². The van der Waals surface area contributed by atoms with Gasteiger partial charge in [0.25, 0.3) is 0 Å². The van der Waals surface area contributed by atoms with Crippen LogP contribution in [0, 0.1) is 0 Å². The van der Waals surface area contributed by atoms with E-state index in [0.29, 0.717) is 13.0 Å². The van der Waals surface area contributed by atoms with Crippen molar-refractivity contribution >= 4 is 23.2 Å². The number of hydrogen-bond donors (Lipinski definition) is 2. The van der Waals surface area contributed by atoms with Gasteiger partial charge < -0.3 is 16.4 Å². The molecule has 1 heterocycles. The van der Waals surface area contributed by atoms with Gasteiger partial charge in [0, 0.05) is 55.9 Å². The average Bonchev–Trinajstić information content (AvgIpc) is 2.46. The largest absolute Gasteiger partial charge is 0.370 e. The maximum absolute atomic E-state index is 11.0. The molecule has 6 heteroatoms. The van der Waals surface area contributed by atoms with Gasteiger partial charge >= 0.3 is 0 Å². The van der Waals surface area contributed by atoms with Crippen molar-refractivity contribution in [1.82, 2.24) is 4.90 Å². The molecule has 1 amide bonds. The number of carbonyl (C=O) groups is 1. The van der Waals surface area contributed by atoms with Gasteiger partial charge in [0.2, 0.25) is 5.91 Å². The van der Waals surface area contributed by atoms with Crippen molar-refractivity contribution in [3.8, 4) is 0 Å². The first-order chi connectivity index (χ1) is 9.60. The van der Waals surface area contributed by atoms with Gasteiger partial charge in [-0.05, 0) is 24.3 Å². The monoisotopic (exact) mass is 296 g/mol. The fourth-order valence-electron chi connectivity index (χ4n) is 2.59. The van der Waals surface area contributed by atoms with Gasteiger partial charge in [0.1, 0.15) is 0 Å². The summed E-state index contributed by atoms with van der Waals surface area (Å²) in [6.07, 6.45) is 0.331. The summed E-state index contributed by atoms with van der Waals surface area (Å²) in [5.74, 6) is -0.291. The Hall–Kier alpha value is -1.30. The maximum Gasteiger partial charge on any atom is 0.219 e. The first-order valence-corrected chi connectivity index (χ1v) is 7.21. The highest BCUT2D eigenvalue weighted by atomic mass is 35.5. The van der Waals surface area contributed by atoms with Gasteiger partial charge in [-0.15, -0.1) is 0 Å². The van der Waals surface area contributed by atoms with Crippen LogP contribution in [0.3, 0.4) is 0 Å². The van der Waals surface area contributed by atoms with E-state index in [1.54, 1.807) is 0 Å². The molecule has 1 aromatic rings. The summed E-state index contributed by atoms with van der Waals surface area (Å²) >= 11 is 5.90. The van der Waals surface area contributed by atoms with E-state index in [-0.39, 0.29) is 11.9 Å². The van der Waals surface area contributed by atoms with Crippen LogP contribution in [0.2, 0.25) is 5.02 Å². The molecule has 4 N–H and O–H groups in total. The molecule has 1 saturated heterocycles. The minimum atomic E-state index is -0.291. The number of rotatable bonds is 5. The Bertz CT molecular complexity index is 443. The van der Waals surface area contributed by atoms with E-state index in [1.165, 1.54) is 5.69 Å². The number of piperazine rings is 1. The van der Waals surface area contributed by atoms with E-state index in [9.17, 15) is 4.79 Å². The molecule has 0 radical (unpaired) electrons. The lowest BCUT2D eigenvalue weighted by molar-refractivity contribution is -0.119. The zero-order chi connectivity index (χ0) is 14.5. The summed E-state index contributed by atoms with van der Waals surface area (Å²) in [6.45, 7) is 4.06. The standard InChI is InChI=1S/C14H21ClN4O/c15-11-1-3-12(4-2-11)18-5-7-19(8-6-18)13(10-16)9-14(17)20/h1-4,13H,5-10,16H2,(H2,17,20). The number of anilines is 1. The Balaban J connectivity index is 1.91. The highest BCUT2D eigenvalue weighted by Crippen LogP contribution is 2.20. The number of carbonyl (C=O) groups excluding carboxylic acids is 1. The minimum Gasteiger partial charge on any atom is -0.370 e. The third-order valence-corrected chi connectivity index (χ3v) is 3.98. The molecule has 110 valence electrons. The van der Waals surface area contributed by atoms with Gasteiger partial charge in [-0.2, -0.15) is 0 Å². The molecule has 0 spiro atoms. The molecular weight excluding hydrogens is 276 g/mol. The summed E-state index contributed by atoms with van der Waals surface area (Å²) in [4.78, 5) is 15.6. The Kier molecular flexibility index (Phi) is 5.23. The van der Waals surface area contributed by atoms with Gasteiger partial charge in [-0.1, -0.05) is 11.6 Å². The lowest BCUT2D eigenvalue weighted by atomic mass is 10.1. The summed E-state index contributed by atoms with van der Waals surface area (Å²) < 4.78 is 0. The molecule has 1 unspecified atom stereocenters. The van der Waals surface area contributed by atoms with E-state index >= 15 is 0 Å². The smallest absolute Gasteiger partial charge is 0.219 e. The molecule has 1 aliphatic rings. The molecule has 1 atom stereocenters. The second kappa shape index (κ2) is 6.92. The Morgan fingerprint density at radius 1 is 1.20 bits per heavy atom. The molecule has 2 rings (SSSR count). The molecule has 0 aliphatic carbocycles. The number of halogens is 1. The summed E-state index contributed by atoms with van der Waals surface area (Å²) in [5, 5.41) is 0.747. The Morgan fingerprint density at radius 2 is 1.80 bits per heavy atom. The molecule has 1 aliphatic heterocycles. The second-order valence-corrected chi connectivity index (χ2v) is 5.50. The van der Waals surface area contributed by atoms with E-state index in [1.807, 2.05) is 24.3 Å². The summed E-state index contributed by atoms with van der Waals surface area (Å²) in [7, 11) is 0. The minimum absolute atomic E-state index is 0.0554. The van der Waals surface area contributed by atoms with Gasteiger partial charge in [-0.3, -0.25) is 9.69 Å². The Morgan fingerprint density at radius 3 is 2.30 bits per heavy atom. The van der Waals surface area contributed by atoms with Crippen molar-refractivity contribution in [2.24, 2.45) is 11.5 Å². The SMILES string of the molecule is NCC(CC(N)=O)N1CCN(c2ccc(Cl)cc2)CC1. The zero-order valence-corrected chi connectivity index (χ0v) is 12.2. The van der Waals surface area contributed by atoms with Crippen molar-refractivity contribution in [2.45, 2.75) is 12.5 Å². The molecular formula is C14H21ClN4O. The molecule has 0 bridgehead atoms. The fraction of sp³-hybridized carbons (Fsp3) is 0.500. The number of primary amides is 1. The van der Waals surface area contributed by atoms with Crippen LogP contribution in [-0.2, 0) is 4.79 Å². The topological polar surface area (TPSA) is 75.6 Å². The lowest BCUT2D eigenvalue weighted by Crippen LogP contribution is -2.53. The molecule has 0 saturated carbocycles. The van der Waals surface area contributed by atoms with Crippen molar-refractivity contribution in [2.75, 3.05) is 37.6 Å². The van der Waals surface area contributed by atoms with Crippen LogP contribution in [0.4, 0.5) is 5.69 Å². The number of nitrogens with two attached hydrogens (primary N) is 2. The number of hydrogen-bond acceptors (Lipinski definition) is 4. The van der Waals surface area contributed by atoms with E-state index in [2.05, 4.69) is 9.80 Å². The van der Waals surface area contributed by atoms with Crippen molar-refractivity contribution < 1.29 is 4.79 Å². The normalized spacial score (nSPS) is 18.0. The van der Waals surface area contributed by atoms with Crippen molar-refractivity contribution in [3.63, 3.8) is 0 Å². The average molecular weight is 297 g/mol.